The molecule has 1 aromatic carbocycles. The maximum Gasteiger partial charge on any atom is 0.307 e. The number of benzene rings is 1. The summed E-state index contributed by atoms with van der Waals surface area (Å²) in [6.45, 7) is 6.09. The van der Waals surface area contributed by atoms with E-state index in [4.69, 9.17) is 9.47 Å². The molecule has 7 nitrogen and oxygen atoms in total. The smallest absolute Gasteiger partial charge is 0.307 e. The fourth-order valence-corrected chi connectivity index (χ4v) is 1.67. The molecule has 1 rings (SSSR count). The highest BCUT2D eigenvalue weighted by molar-refractivity contribution is 5.70. The van der Waals surface area contributed by atoms with E-state index in [1.165, 1.54) is 12.1 Å². The number of ether oxygens (including phenoxy) is 2. The van der Waals surface area contributed by atoms with Gasteiger partial charge < -0.3 is 14.8 Å². The topological polar surface area (TPSA) is 90.7 Å². The lowest BCUT2D eigenvalue weighted by Crippen LogP contribution is -2.12. The molecule has 0 amide bonds. The summed E-state index contributed by atoms with van der Waals surface area (Å²) in [4.78, 5) is 21.6. The van der Waals surface area contributed by atoms with Crippen LogP contribution in [-0.2, 0) is 9.53 Å². The van der Waals surface area contributed by atoms with Crippen LogP contribution in [0.2, 0.25) is 0 Å². The molecule has 0 bridgehead atoms. The molecule has 0 aromatic heterocycles. The molecule has 21 heavy (non-hydrogen) atoms. The number of hydrogen-bond acceptors (Lipinski definition) is 6. The highest BCUT2D eigenvalue weighted by Gasteiger charge is 2.12. The van der Waals surface area contributed by atoms with Crippen molar-refractivity contribution in [2.75, 3.05) is 18.5 Å². The first-order valence-electron chi connectivity index (χ1n) is 6.78. The van der Waals surface area contributed by atoms with Crippen LogP contribution in [0.5, 0.6) is 5.75 Å². The van der Waals surface area contributed by atoms with Crippen molar-refractivity contribution in [1.29, 1.82) is 0 Å². The van der Waals surface area contributed by atoms with Crippen LogP contribution in [0.15, 0.2) is 18.2 Å². The highest BCUT2D eigenvalue weighted by Crippen LogP contribution is 2.26. The molecule has 0 fully saturated rings. The average Bonchev–Trinajstić information content (AvgIpc) is 2.37. The zero-order chi connectivity index (χ0) is 15.8. The quantitative estimate of drug-likeness (QED) is 0.450. The number of non-ortho nitro benzene ring substituents is 1. The van der Waals surface area contributed by atoms with Gasteiger partial charge in [-0.25, -0.2) is 0 Å². The first-order valence-corrected chi connectivity index (χ1v) is 6.78. The zero-order valence-electron chi connectivity index (χ0n) is 12.4. The van der Waals surface area contributed by atoms with Gasteiger partial charge in [0, 0.05) is 24.4 Å². The molecular weight excluding hydrogens is 276 g/mol. The van der Waals surface area contributed by atoms with Gasteiger partial charge in [-0.2, -0.15) is 0 Å². The molecule has 116 valence electrons. The van der Waals surface area contributed by atoms with E-state index >= 15 is 0 Å². The fraction of sp³-hybridized carbons (Fsp3) is 0.500. The lowest BCUT2D eigenvalue weighted by molar-refractivity contribution is -0.384. The number of nitrogens with zero attached hydrogens (tertiary/aromatic N) is 1. The summed E-state index contributed by atoms with van der Waals surface area (Å²) in [6, 6.07) is 4.44. The van der Waals surface area contributed by atoms with Gasteiger partial charge in [-0.3, -0.25) is 14.9 Å². The minimum atomic E-state index is -0.482. The number of carbonyl (C=O) groups excluding carboxylic acids is 1. The molecule has 0 saturated carbocycles. The second kappa shape index (κ2) is 8.08. The van der Waals surface area contributed by atoms with Gasteiger partial charge in [-0.1, -0.05) is 0 Å². The number of rotatable bonds is 8. The van der Waals surface area contributed by atoms with E-state index in [0.717, 1.165) is 0 Å². The Bertz CT molecular complexity index is 502. The van der Waals surface area contributed by atoms with Crippen molar-refractivity contribution in [3.63, 3.8) is 0 Å². The highest BCUT2D eigenvalue weighted by atomic mass is 16.6. The van der Waals surface area contributed by atoms with E-state index < -0.39 is 4.92 Å². The van der Waals surface area contributed by atoms with Crippen LogP contribution in [0.3, 0.4) is 0 Å². The van der Waals surface area contributed by atoms with Gasteiger partial charge in [0.15, 0.2) is 0 Å². The van der Waals surface area contributed by atoms with E-state index in [2.05, 4.69) is 5.32 Å². The van der Waals surface area contributed by atoms with Crippen LogP contribution in [-0.4, -0.2) is 30.1 Å². The zero-order valence-corrected chi connectivity index (χ0v) is 12.4. The normalized spacial score (nSPS) is 10.3. The van der Waals surface area contributed by atoms with Crippen LogP contribution in [0.4, 0.5) is 11.4 Å². The Balaban J connectivity index is 2.73. The maximum atomic E-state index is 11.2. The van der Waals surface area contributed by atoms with Crippen molar-refractivity contribution in [2.24, 2.45) is 0 Å². The molecule has 0 heterocycles. The predicted molar refractivity (Wildman–Crippen MR) is 78.6 cm³/mol. The van der Waals surface area contributed by atoms with Gasteiger partial charge in [0.2, 0.25) is 0 Å². The van der Waals surface area contributed by atoms with Crippen LogP contribution < -0.4 is 10.1 Å². The lowest BCUT2D eigenvalue weighted by Gasteiger charge is -2.12. The lowest BCUT2D eigenvalue weighted by atomic mass is 10.2. The fourth-order valence-electron chi connectivity index (χ4n) is 1.67. The first kappa shape index (κ1) is 16.7. The minimum absolute atomic E-state index is 0.0632. The Kier molecular flexibility index (Phi) is 6.45. The number of nitro benzene ring substituents is 1. The standard InChI is InChI=1S/C14H20N2O5/c1-4-20-14(17)5-6-15-11-7-12(16(18)19)9-13(8-11)21-10(2)3/h7-10,15H,4-6H2,1-3H3. The summed E-state index contributed by atoms with van der Waals surface area (Å²) in [5.74, 6) is 0.104. The van der Waals surface area contributed by atoms with Crippen molar-refractivity contribution >= 4 is 17.3 Å². The molecule has 0 radical (unpaired) electrons. The second-order valence-electron chi connectivity index (χ2n) is 4.62. The summed E-state index contributed by atoms with van der Waals surface area (Å²) in [7, 11) is 0. The van der Waals surface area contributed by atoms with Crippen molar-refractivity contribution in [3.05, 3.63) is 28.3 Å². The molecule has 0 aliphatic rings. The number of anilines is 1. The molecule has 0 spiro atoms. The molecule has 0 unspecified atom stereocenters. The number of nitrogens with one attached hydrogen (secondary N) is 1. The second-order valence-corrected chi connectivity index (χ2v) is 4.62. The average molecular weight is 296 g/mol. The van der Waals surface area contributed by atoms with E-state index in [0.29, 0.717) is 24.6 Å². The predicted octanol–water partition coefficient (Wildman–Crippen LogP) is 2.75. The van der Waals surface area contributed by atoms with Crippen LogP contribution in [0.1, 0.15) is 27.2 Å². The summed E-state index contributed by atoms with van der Waals surface area (Å²) in [5.41, 5.74) is 0.468. The molecule has 0 aliphatic heterocycles. The monoisotopic (exact) mass is 296 g/mol. The number of esters is 1. The van der Waals surface area contributed by atoms with E-state index in [1.54, 1.807) is 13.0 Å². The van der Waals surface area contributed by atoms with E-state index in [1.807, 2.05) is 13.8 Å². The Morgan fingerprint density at radius 2 is 2.10 bits per heavy atom. The summed E-state index contributed by atoms with van der Waals surface area (Å²) in [5, 5.41) is 13.9. The van der Waals surface area contributed by atoms with Crippen molar-refractivity contribution in [2.45, 2.75) is 33.3 Å². The van der Waals surface area contributed by atoms with Gasteiger partial charge in [0.25, 0.3) is 5.69 Å². The summed E-state index contributed by atoms with van der Waals surface area (Å²) < 4.78 is 10.3. The number of carbonyl (C=O) groups is 1. The number of nitro groups is 1. The maximum absolute atomic E-state index is 11.2. The Hall–Kier alpha value is -2.31. The largest absolute Gasteiger partial charge is 0.491 e. The van der Waals surface area contributed by atoms with Gasteiger partial charge in [0.05, 0.1) is 30.1 Å². The van der Waals surface area contributed by atoms with Crippen molar-refractivity contribution < 1.29 is 19.2 Å². The molecule has 0 saturated heterocycles. The van der Waals surface area contributed by atoms with Gasteiger partial charge >= 0.3 is 5.97 Å². The van der Waals surface area contributed by atoms with Crippen molar-refractivity contribution in [3.8, 4) is 5.75 Å². The Morgan fingerprint density at radius 3 is 2.67 bits per heavy atom. The third-order valence-electron chi connectivity index (χ3n) is 2.44. The molecule has 1 aromatic rings. The van der Waals surface area contributed by atoms with E-state index in [9.17, 15) is 14.9 Å². The molecule has 1 N–H and O–H groups in total. The van der Waals surface area contributed by atoms with Crippen molar-refractivity contribution in [1.82, 2.24) is 0 Å². The molecule has 7 heteroatoms. The summed E-state index contributed by atoms with van der Waals surface area (Å²) in [6.07, 6.45) is 0.107. The number of hydrogen-bond donors (Lipinski definition) is 1. The molecular formula is C14H20N2O5. The third-order valence-corrected chi connectivity index (χ3v) is 2.44. The van der Waals surface area contributed by atoms with Crippen LogP contribution in [0.25, 0.3) is 0 Å². The van der Waals surface area contributed by atoms with Gasteiger partial charge in [0.1, 0.15) is 5.75 Å². The van der Waals surface area contributed by atoms with Gasteiger partial charge in [-0.05, 0) is 20.8 Å². The van der Waals surface area contributed by atoms with Crippen LogP contribution in [0, 0.1) is 10.1 Å². The third kappa shape index (κ3) is 6.11. The first-order chi connectivity index (χ1) is 9.92. The van der Waals surface area contributed by atoms with Gasteiger partial charge in [-0.15, -0.1) is 0 Å². The SMILES string of the molecule is CCOC(=O)CCNc1cc(OC(C)C)cc([N+](=O)[O-])c1. The molecule has 0 atom stereocenters. The Labute approximate surface area is 123 Å². The summed E-state index contributed by atoms with van der Waals surface area (Å²) >= 11 is 0. The Morgan fingerprint density at radius 1 is 1.38 bits per heavy atom. The van der Waals surface area contributed by atoms with Crippen LogP contribution >= 0.6 is 0 Å². The molecule has 0 aliphatic carbocycles. The minimum Gasteiger partial charge on any atom is -0.491 e. The van der Waals surface area contributed by atoms with E-state index in [-0.39, 0.29) is 24.2 Å².